The molecule has 1 aliphatic rings. The van der Waals surface area contributed by atoms with E-state index in [1.807, 2.05) is 0 Å². The van der Waals surface area contributed by atoms with Crippen molar-refractivity contribution < 1.29 is 16.8 Å². The zero-order chi connectivity index (χ0) is 15.8. The van der Waals surface area contributed by atoms with Gasteiger partial charge in [-0.05, 0) is 0 Å². The number of aryl methyl sites for hydroxylation is 1. The van der Waals surface area contributed by atoms with Crippen molar-refractivity contribution in [1.82, 2.24) is 13.9 Å². The van der Waals surface area contributed by atoms with Crippen molar-refractivity contribution in [2.24, 2.45) is 7.05 Å². The fourth-order valence-corrected chi connectivity index (χ4v) is 7.64. The van der Waals surface area contributed by atoms with Crippen LogP contribution in [-0.4, -0.2) is 59.9 Å². The summed E-state index contributed by atoms with van der Waals surface area (Å²) in [5.74, 6) is 0.652. The van der Waals surface area contributed by atoms with Crippen LogP contribution in [0.3, 0.4) is 0 Å². The highest BCUT2D eigenvalue weighted by molar-refractivity contribution is 8.01. The molecule has 0 bridgehead atoms. The standard InChI is InChI=1S/C10H16ClN3O4S3/c1-3-20(15,16)8-6-19-5-4-14(8)21(17,18)10-9(11)13(2)7-12-10/h7-8H,3-6H2,1-2H3. The largest absolute Gasteiger partial charge is 0.324 e. The Morgan fingerprint density at radius 3 is 2.62 bits per heavy atom. The zero-order valence-electron chi connectivity index (χ0n) is 11.6. The summed E-state index contributed by atoms with van der Waals surface area (Å²) in [6.45, 7) is 1.64. The molecule has 7 nitrogen and oxygen atoms in total. The fourth-order valence-electron chi connectivity index (χ4n) is 1.99. The Morgan fingerprint density at radius 2 is 2.10 bits per heavy atom. The minimum atomic E-state index is -4.04. The molecule has 1 saturated heterocycles. The van der Waals surface area contributed by atoms with Gasteiger partial charge in [0.2, 0.25) is 5.03 Å². The van der Waals surface area contributed by atoms with E-state index >= 15 is 0 Å². The van der Waals surface area contributed by atoms with Gasteiger partial charge in [0.25, 0.3) is 10.0 Å². The number of hydrogen-bond donors (Lipinski definition) is 0. The molecule has 1 fully saturated rings. The summed E-state index contributed by atoms with van der Waals surface area (Å²) >= 11 is 7.37. The smallest absolute Gasteiger partial charge is 0.264 e. The van der Waals surface area contributed by atoms with Crippen molar-refractivity contribution in [2.45, 2.75) is 17.3 Å². The Balaban J connectivity index is 2.49. The predicted molar refractivity (Wildman–Crippen MR) is 82.7 cm³/mol. The Labute approximate surface area is 133 Å². The molecule has 0 N–H and O–H groups in total. The Kier molecular flexibility index (Phi) is 4.94. The average Bonchev–Trinajstić information content (AvgIpc) is 2.79. The maximum Gasteiger partial charge on any atom is 0.264 e. The van der Waals surface area contributed by atoms with Gasteiger partial charge < -0.3 is 4.57 Å². The first-order chi connectivity index (χ1) is 9.71. The van der Waals surface area contributed by atoms with Crippen LogP contribution in [0.15, 0.2) is 11.4 Å². The maximum absolute atomic E-state index is 12.7. The van der Waals surface area contributed by atoms with Crippen LogP contribution in [0, 0.1) is 0 Å². The number of thioether (sulfide) groups is 1. The highest BCUT2D eigenvalue weighted by atomic mass is 35.5. The monoisotopic (exact) mass is 373 g/mol. The summed E-state index contributed by atoms with van der Waals surface area (Å²) in [5, 5.41) is -1.39. The summed E-state index contributed by atoms with van der Waals surface area (Å²) in [5.41, 5.74) is 0. The number of halogens is 1. The lowest BCUT2D eigenvalue weighted by molar-refractivity contribution is 0.402. The van der Waals surface area contributed by atoms with E-state index in [2.05, 4.69) is 4.98 Å². The first-order valence-corrected chi connectivity index (χ1v) is 10.9. The van der Waals surface area contributed by atoms with E-state index in [0.29, 0.717) is 5.75 Å². The molecule has 0 saturated carbocycles. The predicted octanol–water partition coefficient (Wildman–Crippen LogP) is 0.572. The van der Waals surface area contributed by atoms with Gasteiger partial charge >= 0.3 is 0 Å². The molecule has 1 unspecified atom stereocenters. The van der Waals surface area contributed by atoms with Gasteiger partial charge in [-0.2, -0.15) is 16.1 Å². The molecule has 21 heavy (non-hydrogen) atoms. The normalized spacial score (nSPS) is 21.6. The molecule has 1 aliphatic heterocycles. The number of hydrogen-bond acceptors (Lipinski definition) is 6. The van der Waals surface area contributed by atoms with Crippen LogP contribution in [0.5, 0.6) is 0 Å². The van der Waals surface area contributed by atoms with Crippen LogP contribution in [0.4, 0.5) is 0 Å². The van der Waals surface area contributed by atoms with Crippen molar-refractivity contribution in [3.63, 3.8) is 0 Å². The molecular formula is C10H16ClN3O4S3. The maximum atomic E-state index is 12.7. The lowest BCUT2D eigenvalue weighted by Gasteiger charge is -2.33. The zero-order valence-corrected chi connectivity index (χ0v) is 14.8. The van der Waals surface area contributed by atoms with Crippen molar-refractivity contribution in [2.75, 3.05) is 23.8 Å². The molecule has 1 atom stereocenters. The van der Waals surface area contributed by atoms with Gasteiger partial charge in [0, 0.05) is 30.9 Å². The molecule has 1 aromatic heterocycles. The molecule has 0 radical (unpaired) electrons. The lowest BCUT2D eigenvalue weighted by Crippen LogP contribution is -2.50. The van der Waals surface area contributed by atoms with Gasteiger partial charge in [0.1, 0.15) is 10.5 Å². The van der Waals surface area contributed by atoms with Gasteiger partial charge in [-0.25, -0.2) is 21.8 Å². The van der Waals surface area contributed by atoms with E-state index in [9.17, 15) is 16.8 Å². The van der Waals surface area contributed by atoms with Crippen LogP contribution in [0.1, 0.15) is 6.92 Å². The van der Waals surface area contributed by atoms with Gasteiger partial charge in [-0.3, -0.25) is 0 Å². The van der Waals surface area contributed by atoms with Gasteiger partial charge in [-0.1, -0.05) is 18.5 Å². The Morgan fingerprint density at radius 1 is 1.43 bits per heavy atom. The van der Waals surface area contributed by atoms with E-state index in [-0.39, 0.29) is 28.2 Å². The summed E-state index contributed by atoms with van der Waals surface area (Å²) in [6.07, 6.45) is 1.29. The number of aromatic nitrogens is 2. The summed E-state index contributed by atoms with van der Waals surface area (Å²) in [6, 6.07) is 0. The average molecular weight is 374 g/mol. The van der Waals surface area contributed by atoms with Crippen LogP contribution >= 0.6 is 23.4 Å². The second-order valence-corrected chi connectivity index (χ2v) is 10.3. The molecule has 120 valence electrons. The third-order valence-corrected chi connectivity index (χ3v) is 9.06. The highest BCUT2D eigenvalue weighted by Gasteiger charge is 2.42. The minimum Gasteiger partial charge on any atom is -0.324 e. The Hall–Kier alpha value is -0.290. The molecule has 0 amide bonds. The molecule has 1 aromatic rings. The van der Waals surface area contributed by atoms with Gasteiger partial charge in [-0.15, -0.1) is 0 Å². The van der Waals surface area contributed by atoms with Gasteiger partial charge in [0.05, 0.1) is 6.33 Å². The van der Waals surface area contributed by atoms with E-state index in [0.717, 1.165) is 4.31 Å². The van der Waals surface area contributed by atoms with Crippen molar-refractivity contribution in [3.05, 3.63) is 11.5 Å². The number of sulfone groups is 1. The van der Waals surface area contributed by atoms with Crippen molar-refractivity contribution >= 4 is 43.2 Å². The van der Waals surface area contributed by atoms with Crippen LogP contribution < -0.4 is 0 Å². The second kappa shape index (κ2) is 6.07. The fraction of sp³-hybridized carbons (Fsp3) is 0.700. The third kappa shape index (κ3) is 3.09. The quantitative estimate of drug-likeness (QED) is 0.766. The van der Waals surface area contributed by atoms with Crippen LogP contribution in [0.2, 0.25) is 5.15 Å². The van der Waals surface area contributed by atoms with E-state index in [4.69, 9.17) is 11.6 Å². The first kappa shape index (κ1) is 17.1. The van der Waals surface area contributed by atoms with Gasteiger partial charge in [0.15, 0.2) is 9.84 Å². The number of imidazole rings is 1. The molecule has 2 rings (SSSR count). The van der Waals surface area contributed by atoms with Crippen LogP contribution in [-0.2, 0) is 26.9 Å². The SMILES string of the molecule is CCS(=O)(=O)C1CSCCN1S(=O)(=O)c1ncn(C)c1Cl. The molecule has 0 aliphatic carbocycles. The van der Waals surface area contributed by atoms with Crippen LogP contribution in [0.25, 0.3) is 0 Å². The second-order valence-electron chi connectivity index (χ2n) is 4.55. The topological polar surface area (TPSA) is 89.3 Å². The highest BCUT2D eigenvalue weighted by Crippen LogP contribution is 2.30. The minimum absolute atomic E-state index is 0.0270. The molecule has 0 spiro atoms. The van der Waals surface area contributed by atoms with E-state index < -0.39 is 25.2 Å². The molecule has 2 heterocycles. The van der Waals surface area contributed by atoms with Crippen molar-refractivity contribution in [3.8, 4) is 0 Å². The summed E-state index contributed by atoms with van der Waals surface area (Å²) < 4.78 is 52.1. The number of rotatable bonds is 4. The number of sulfonamides is 1. The van der Waals surface area contributed by atoms with E-state index in [1.54, 1.807) is 7.05 Å². The lowest BCUT2D eigenvalue weighted by atomic mass is 10.6. The van der Waals surface area contributed by atoms with Crippen molar-refractivity contribution in [1.29, 1.82) is 0 Å². The molecule has 0 aromatic carbocycles. The van der Waals surface area contributed by atoms with E-state index in [1.165, 1.54) is 29.6 Å². The number of nitrogens with zero attached hydrogens (tertiary/aromatic N) is 3. The molecule has 11 heteroatoms. The summed E-state index contributed by atoms with van der Waals surface area (Å²) in [4.78, 5) is 3.80. The summed E-state index contributed by atoms with van der Waals surface area (Å²) in [7, 11) is -5.99. The Bertz CT molecular complexity index is 729. The third-order valence-electron chi connectivity index (χ3n) is 3.24. The molecular weight excluding hydrogens is 358 g/mol. The first-order valence-electron chi connectivity index (χ1n) is 6.19.